The van der Waals surface area contributed by atoms with E-state index in [4.69, 9.17) is 5.73 Å². The molecule has 1 atom stereocenters. The van der Waals surface area contributed by atoms with Crippen LogP contribution in [0.15, 0.2) is 41.8 Å². The van der Waals surface area contributed by atoms with Crippen molar-refractivity contribution in [1.82, 2.24) is 15.1 Å². The van der Waals surface area contributed by atoms with Crippen LogP contribution in [0.5, 0.6) is 0 Å². The molecule has 1 saturated heterocycles. The number of hydrogen-bond acceptors (Lipinski definition) is 5. The SMILES string of the molecule is Cc1cccc(C(=O)N2CCCN(C(=O)Cc3cccs3)C2C(=O)NC2CCC(N)CC2)c1. The summed E-state index contributed by atoms with van der Waals surface area (Å²) in [5, 5.41) is 5.06. The van der Waals surface area contributed by atoms with Gasteiger partial charge in [-0.15, -0.1) is 11.3 Å². The number of carbonyl (C=O) groups excluding carboxylic acids is 3. The van der Waals surface area contributed by atoms with Gasteiger partial charge >= 0.3 is 0 Å². The van der Waals surface area contributed by atoms with Crippen LogP contribution in [0.25, 0.3) is 0 Å². The third-order valence-electron chi connectivity index (χ3n) is 6.49. The first kappa shape index (κ1) is 23.4. The van der Waals surface area contributed by atoms with Crippen LogP contribution < -0.4 is 11.1 Å². The van der Waals surface area contributed by atoms with E-state index in [1.807, 2.05) is 42.6 Å². The molecule has 2 aromatic rings. The summed E-state index contributed by atoms with van der Waals surface area (Å²) in [7, 11) is 0. The molecule has 0 bridgehead atoms. The average Bonchev–Trinajstić information content (AvgIpc) is 3.32. The number of aryl methyl sites for hydroxylation is 1. The maximum atomic E-state index is 13.6. The van der Waals surface area contributed by atoms with Gasteiger partial charge in [0.15, 0.2) is 6.17 Å². The smallest absolute Gasteiger partial charge is 0.264 e. The lowest BCUT2D eigenvalue weighted by atomic mass is 9.91. The molecule has 1 unspecified atom stereocenters. The third-order valence-corrected chi connectivity index (χ3v) is 7.37. The number of benzene rings is 1. The van der Waals surface area contributed by atoms with E-state index in [0.717, 1.165) is 36.1 Å². The number of hydrogen-bond donors (Lipinski definition) is 2. The lowest BCUT2D eigenvalue weighted by Gasteiger charge is -2.43. The predicted octanol–water partition coefficient (Wildman–Crippen LogP) is 2.69. The van der Waals surface area contributed by atoms with E-state index in [-0.39, 0.29) is 36.2 Å². The second kappa shape index (κ2) is 10.5. The van der Waals surface area contributed by atoms with Crippen LogP contribution in [0, 0.1) is 6.92 Å². The van der Waals surface area contributed by atoms with Gasteiger partial charge in [0.05, 0.1) is 6.42 Å². The first-order valence-electron chi connectivity index (χ1n) is 11.7. The van der Waals surface area contributed by atoms with E-state index in [1.165, 1.54) is 11.3 Å². The number of nitrogens with zero attached hydrogens (tertiary/aromatic N) is 2. The minimum absolute atomic E-state index is 0.0180. The summed E-state index contributed by atoms with van der Waals surface area (Å²) in [5.41, 5.74) is 7.52. The molecule has 1 aromatic carbocycles. The van der Waals surface area contributed by atoms with Gasteiger partial charge in [0.25, 0.3) is 11.8 Å². The zero-order chi connectivity index (χ0) is 23.4. The van der Waals surface area contributed by atoms with Crippen molar-refractivity contribution in [1.29, 1.82) is 0 Å². The molecule has 2 aliphatic rings. The highest BCUT2D eigenvalue weighted by molar-refractivity contribution is 7.10. The number of carbonyl (C=O) groups is 3. The Morgan fingerprint density at radius 1 is 1.06 bits per heavy atom. The summed E-state index contributed by atoms with van der Waals surface area (Å²) in [4.78, 5) is 44.4. The van der Waals surface area contributed by atoms with E-state index < -0.39 is 6.17 Å². The molecular formula is C25H32N4O3S. The Hall–Kier alpha value is -2.71. The average molecular weight is 469 g/mol. The lowest BCUT2D eigenvalue weighted by Crippen LogP contribution is -2.64. The summed E-state index contributed by atoms with van der Waals surface area (Å²) in [5.74, 6) is -0.640. The molecule has 2 fully saturated rings. The predicted molar refractivity (Wildman–Crippen MR) is 129 cm³/mol. The van der Waals surface area contributed by atoms with Crippen LogP contribution in [0.4, 0.5) is 0 Å². The Morgan fingerprint density at radius 2 is 1.82 bits per heavy atom. The first-order chi connectivity index (χ1) is 15.9. The molecule has 176 valence electrons. The van der Waals surface area contributed by atoms with E-state index >= 15 is 0 Å². The monoisotopic (exact) mass is 468 g/mol. The number of amides is 3. The van der Waals surface area contributed by atoms with Crippen LogP contribution in [-0.4, -0.2) is 58.9 Å². The molecule has 2 heterocycles. The minimum Gasteiger partial charge on any atom is -0.350 e. The highest BCUT2D eigenvalue weighted by atomic mass is 32.1. The zero-order valence-electron chi connectivity index (χ0n) is 19.0. The number of nitrogens with two attached hydrogens (primary N) is 1. The number of rotatable bonds is 5. The molecule has 1 aliphatic carbocycles. The molecule has 4 rings (SSSR count). The highest BCUT2D eigenvalue weighted by Gasteiger charge is 2.41. The van der Waals surface area contributed by atoms with Crippen molar-refractivity contribution >= 4 is 29.1 Å². The van der Waals surface area contributed by atoms with Crippen molar-refractivity contribution in [3.05, 3.63) is 57.8 Å². The Morgan fingerprint density at radius 3 is 2.52 bits per heavy atom. The zero-order valence-corrected chi connectivity index (χ0v) is 19.9. The van der Waals surface area contributed by atoms with Crippen LogP contribution in [0.3, 0.4) is 0 Å². The first-order valence-corrected chi connectivity index (χ1v) is 12.6. The molecule has 7 nitrogen and oxygen atoms in total. The standard InChI is InChI=1S/C25H32N4O3S/c1-17-5-2-6-18(15-17)25(32)29-13-4-12-28(22(30)16-21-7-3-14-33-21)24(29)23(31)27-20-10-8-19(26)9-11-20/h2-3,5-7,14-15,19-20,24H,4,8-13,16,26H2,1H3,(H,27,31). The van der Waals surface area contributed by atoms with Gasteiger partial charge in [-0.05, 0) is 62.6 Å². The highest BCUT2D eigenvalue weighted by Crippen LogP contribution is 2.23. The number of nitrogens with one attached hydrogen (secondary N) is 1. The molecule has 1 aromatic heterocycles. The van der Waals surface area contributed by atoms with E-state index in [1.54, 1.807) is 15.9 Å². The Bertz CT molecular complexity index is 985. The minimum atomic E-state index is -0.949. The van der Waals surface area contributed by atoms with Crippen LogP contribution in [-0.2, 0) is 16.0 Å². The molecule has 33 heavy (non-hydrogen) atoms. The summed E-state index contributed by atoms with van der Waals surface area (Å²) < 4.78 is 0. The fourth-order valence-electron chi connectivity index (χ4n) is 4.73. The normalized spacial score (nSPS) is 23.3. The Labute approximate surface area is 198 Å². The molecule has 3 amide bonds. The molecule has 0 spiro atoms. The second-order valence-corrected chi connectivity index (χ2v) is 10.1. The summed E-state index contributed by atoms with van der Waals surface area (Å²) in [6.45, 7) is 2.82. The van der Waals surface area contributed by atoms with Gasteiger partial charge in [-0.1, -0.05) is 23.8 Å². The van der Waals surface area contributed by atoms with E-state index in [9.17, 15) is 14.4 Å². The van der Waals surface area contributed by atoms with Crippen LogP contribution in [0.2, 0.25) is 0 Å². The van der Waals surface area contributed by atoms with E-state index in [0.29, 0.717) is 25.1 Å². The third kappa shape index (κ3) is 5.62. The van der Waals surface area contributed by atoms with Gasteiger partial charge in [0.1, 0.15) is 0 Å². The van der Waals surface area contributed by atoms with Crippen LogP contribution >= 0.6 is 11.3 Å². The maximum Gasteiger partial charge on any atom is 0.264 e. The van der Waals surface area contributed by atoms with Gasteiger partial charge < -0.3 is 20.9 Å². The second-order valence-electron chi connectivity index (χ2n) is 9.06. The molecular weight excluding hydrogens is 436 g/mol. The van der Waals surface area contributed by atoms with Crippen molar-refractivity contribution in [2.75, 3.05) is 13.1 Å². The van der Waals surface area contributed by atoms with Crippen molar-refractivity contribution < 1.29 is 14.4 Å². The molecule has 1 aliphatic heterocycles. The van der Waals surface area contributed by atoms with Crippen molar-refractivity contribution in [2.24, 2.45) is 5.73 Å². The topological polar surface area (TPSA) is 95.7 Å². The molecule has 3 N–H and O–H groups in total. The summed E-state index contributed by atoms with van der Waals surface area (Å²) in [6, 6.07) is 11.4. The van der Waals surface area contributed by atoms with Gasteiger partial charge in [0.2, 0.25) is 5.91 Å². The van der Waals surface area contributed by atoms with Crippen LogP contribution in [0.1, 0.15) is 52.9 Å². The van der Waals surface area contributed by atoms with Gasteiger partial charge in [0, 0.05) is 35.6 Å². The summed E-state index contributed by atoms with van der Waals surface area (Å²) >= 11 is 1.52. The van der Waals surface area contributed by atoms with Gasteiger partial charge in [-0.3, -0.25) is 14.4 Å². The molecule has 0 radical (unpaired) electrons. The fraction of sp³-hybridized carbons (Fsp3) is 0.480. The molecule has 1 saturated carbocycles. The van der Waals surface area contributed by atoms with Gasteiger partial charge in [-0.25, -0.2) is 0 Å². The Kier molecular flexibility index (Phi) is 7.45. The maximum absolute atomic E-state index is 13.6. The van der Waals surface area contributed by atoms with Gasteiger partial charge in [-0.2, -0.15) is 0 Å². The number of thiophene rings is 1. The van der Waals surface area contributed by atoms with Crippen molar-refractivity contribution in [3.63, 3.8) is 0 Å². The Balaban J connectivity index is 1.58. The fourth-order valence-corrected chi connectivity index (χ4v) is 5.42. The lowest BCUT2D eigenvalue weighted by molar-refractivity contribution is -0.149. The van der Waals surface area contributed by atoms with E-state index in [2.05, 4.69) is 5.32 Å². The van der Waals surface area contributed by atoms with Crippen molar-refractivity contribution in [3.8, 4) is 0 Å². The molecule has 8 heteroatoms. The largest absolute Gasteiger partial charge is 0.350 e. The summed E-state index contributed by atoms with van der Waals surface area (Å²) in [6.07, 6.45) is 3.27. The quantitative estimate of drug-likeness (QED) is 0.705. The van der Waals surface area contributed by atoms with Crippen molar-refractivity contribution in [2.45, 2.75) is 63.7 Å².